The van der Waals surface area contributed by atoms with Gasteiger partial charge in [0.1, 0.15) is 0 Å². The fourth-order valence-corrected chi connectivity index (χ4v) is 13.4. The van der Waals surface area contributed by atoms with Crippen LogP contribution in [0.4, 0.5) is 0 Å². The average Bonchev–Trinajstić information content (AvgIpc) is 4.12. The molecule has 0 unspecified atom stereocenters. The molecule has 7 heteroatoms. The molecule has 366 valence electrons. The molecule has 0 N–H and O–H groups in total. The normalized spacial score (nSPS) is 13.6. The molecule has 2 aliphatic carbocycles. The maximum absolute atomic E-state index is 11.0. The predicted molar refractivity (Wildman–Crippen MR) is 315 cm³/mol. The van der Waals surface area contributed by atoms with E-state index in [4.69, 9.17) is 15.0 Å². The van der Waals surface area contributed by atoms with E-state index in [0.29, 0.717) is 39.7 Å². The molecule has 3 aromatic heterocycles. The van der Waals surface area contributed by atoms with Crippen molar-refractivity contribution in [2.45, 2.75) is 38.5 Å². The zero-order valence-corrected chi connectivity index (χ0v) is 43.3. The molecule has 0 bridgehead atoms. The van der Waals surface area contributed by atoms with Crippen LogP contribution in [0.25, 0.3) is 123 Å². The van der Waals surface area contributed by atoms with Gasteiger partial charge in [0.25, 0.3) is 0 Å². The Kier molecular flexibility index (Phi) is 9.65. The Bertz CT molecular complexity index is 4820. The average molecular weight is 998 g/mol. The summed E-state index contributed by atoms with van der Waals surface area (Å²) in [5.74, 6) is 1.22. The van der Waals surface area contributed by atoms with Crippen LogP contribution in [0, 0.1) is 22.7 Å². The van der Waals surface area contributed by atoms with Crippen LogP contribution in [0.15, 0.2) is 212 Å². The molecule has 0 fully saturated rings. The van der Waals surface area contributed by atoms with Gasteiger partial charge in [-0.3, -0.25) is 0 Å². The highest BCUT2D eigenvalue weighted by Crippen LogP contribution is 2.55. The summed E-state index contributed by atoms with van der Waals surface area (Å²) in [5.41, 5.74) is 20.6. The lowest BCUT2D eigenvalue weighted by molar-refractivity contribution is 0.666. The van der Waals surface area contributed by atoms with Crippen molar-refractivity contribution in [3.63, 3.8) is 0 Å². The molecule has 7 nitrogen and oxygen atoms in total. The predicted octanol–water partition coefficient (Wildman–Crippen LogP) is 17.1. The SMILES string of the molecule is CC1(C)c2ccccc2-c2ccc3c(c21)c1ccccc1n3-c1ccc(C#N)c(-c2nc(-c3ccccc3)nc(-c3cc(-n4c5ccccc5c5c6c(ccc54)-c4ccccc4C6(C)C)ccc3-c3ccccc3C#N)n2)c1. The molecular formula is C71H47N7. The molecule has 15 rings (SSSR count). The highest BCUT2D eigenvalue weighted by atomic mass is 15.0. The second kappa shape index (κ2) is 16.6. The lowest BCUT2D eigenvalue weighted by atomic mass is 9.80. The number of aromatic nitrogens is 5. The van der Waals surface area contributed by atoms with Crippen molar-refractivity contribution in [2.75, 3.05) is 0 Å². The van der Waals surface area contributed by atoms with Gasteiger partial charge in [-0.25, -0.2) is 15.0 Å². The van der Waals surface area contributed by atoms with Gasteiger partial charge in [0, 0.05) is 66.0 Å². The van der Waals surface area contributed by atoms with Gasteiger partial charge < -0.3 is 9.13 Å². The van der Waals surface area contributed by atoms with Crippen molar-refractivity contribution in [3.05, 3.63) is 246 Å². The lowest BCUT2D eigenvalue weighted by Crippen LogP contribution is -2.15. The first-order valence-electron chi connectivity index (χ1n) is 26.5. The van der Waals surface area contributed by atoms with E-state index in [1.807, 2.05) is 66.7 Å². The van der Waals surface area contributed by atoms with Gasteiger partial charge in [0.2, 0.25) is 0 Å². The molecule has 13 aromatic rings. The lowest BCUT2D eigenvalue weighted by Gasteiger charge is -2.22. The summed E-state index contributed by atoms with van der Waals surface area (Å²) in [7, 11) is 0. The van der Waals surface area contributed by atoms with Crippen LogP contribution in [0.2, 0.25) is 0 Å². The molecule has 0 aliphatic heterocycles. The number of nitriles is 2. The molecule has 0 atom stereocenters. The minimum absolute atomic E-state index is 0.236. The van der Waals surface area contributed by atoms with E-state index in [-0.39, 0.29) is 10.8 Å². The number of fused-ring (bicyclic) bond motifs is 14. The Hall–Kier alpha value is -10.2. The quantitative estimate of drug-likeness (QED) is 0.165. The van der Waals surface area contributed by atoms with Gasteiger partial charge in [0.05, 0.1) is 45.3 Å². The van der Waals surface area contributed by atoms with Crippen LogP contribution < -0.4 is 0 Å². The van der Waals surface area contributed by atoms with E-state index in [1.165, 1.54) is 60.7 Å². The Labute approximate surface area is 451 Å². The number of hydrogen-bond donors (Lipinski definition) is 0. The molecular weight excluding hydrogens is 951 g/mol. The van der Waals surface area contributed by atoms with Crippen LogP contribution in [-0.2, 0) is 10.8 Å². The van der Waals surface area contributed by atoms with Gasteiger partial charge in [-0.1, -0.05) is 179 Å². The largest absolute Gasteiger partial charge is 0.309 e. The van der Waals surface area contributed by atoms with E-state index in [0.717, 1.165) is 55.5 Å². The summed E-state index contributed by atoms with van der Waals surface area (Å²) >= 11 is 0. The fourth-order valence-electron chi connectivity index (χ4n) is 13.4. The van der Waals surface area contributed by atoms with E-state index in [9.17, 15) is 10.5 Å². The monoisotopic (exact) mass is 997 g/mol. The third-order valence-electron chi connectivity index (χ3n) is 16.8. The molecule has 0 radical (unpaired) electrons. The maximum atomic E-state index is 11.0. The summed E-state index contributed by atoms with van der Waals surface area (Å²) < 4.78 is 4.67. The highest BCUT2D eigenvalue weighted by molar-refractivity contribution is 6.16. The molecule has 0 saturated carbocycles. The first-order chi connectivity index (χ1) is 38.1. The molecule has 0 saturated heterocycles. The van der Waals surface area contributed by atoms with Crippen LogP contribution in [0.5, 0.6) is 0 Å². The van der Waals surface area contributed by atoms with Gasteiger partial charge in [0.15, 0.2) is 17.5 Å². The Morgan fingerprint density at radius 3 is 1.36 bits per heavy atom. The van der Waals surface area contributed by atoms with Crippen molar-refractivity contribution in [2.24, 2.45) is 0 Å². The number of nitrogens with zero attached hydrogens (tertiary/aromatic N) is 7. The summed E-state index contributed by atoms with van der Waals surface area (Å²) in [5, 5.41) is 26.4. The Morgan fingerprint density at radius 1 is 0.346 bits per heavy atom. The van der Waals surface area contributed by atoms with Crippen molar-refractivity contribution >= 4 is 43.6 Å². The smallest absolute Gasteiger partial charge is 0.165 e. The minimum Gasteiger partial charge on any atom is -0.309 e. The van der Waals surface area contributed by atoms with E-state index < -0.39 is 0 Å². The molecule has 10 aromatic carbocycles. The van der Waals surface area contributed by atoms with Crippen molar-refractivity contribution in [1.82, 2.24) is 24.1 Å². The molecule has 0 amide bonds. The zero-order chi connectivity index (χ0) is 52.6. The molecule has 3 heterocycles. The molecule has 2 aliphatic rings. The highest BCUT2D eigenvalue weighted by Gasteiger charge is 2.40. The van der Waals surface area contributed by atoms with E-state index in [1.54, 1.807) is 0 Å². The second-order valence-electron chi connectivity index (χ2n) is 21.7. The first kappa shape index (κ1) is 45.2. The second-order valence-corrected chi connectivity index (χ2v) is 21.7. The Balaban J connectivity index is 0.976. The van der Waals surface area contributed by atoms with Crippen molar-refractivity contribution in [3.8, 4) is 91.1 Å². The summed E-state index contributed by atoms with van der Waals surface area (Å²) in [6, 6.07) is 78.9. The molecule has 0 spiro atoms. The van der Waals surface area contributed by atoms with Gasteiger partial charge >= 0.3 is 0 Å². The number of hydrogen-bond acceptors (Lipinski definition) is 5. The standard InChI is InChI=1S/C71H47N7/c1-70(2)57-26-14-10-22-49(57)51-34-36-61-63(65(51)70)53-24-12-16-28-59(53)77(61)45-31-30-44(41-73)55(38-45)68-74-67(42-18-6-5-7-19-42)75-69(76-68)56-39-46(32-33-48(56)47-21-9-8-20-43(47)40-72)78-60-29-17-13-25-54(60)64-62(78)37-35-52-50-23-11-15-27-58(50)71(3,4)66(52)64/h5-39H,1-4H3. The fraction of sp³-hybridized carbons (Fsp3) is 0.0845. The zero-order valence-electron chi connectivity index (χ0n) is 43.3. The minimum atomic E-state index is -0.240. The van der Waals surface area contributed by atoms with Gasteiger partial charge in [-0.05, 0) is 111 Å². The van der Waals surface area contributed by atoms with Gasteiger partial charge in [-0.2, -0.15) is 10.5 Å². The summed E-state index contributed by atoms with van der Waals surface area (Å²) in [6.07, 6.45) is 0. The third-order valence-corrected chi connectivity index (χ3v) is 16.8. The topological polar surface area (TPSA) is 96.1 Å². The number of para-hydroxylation sites is 2. The third kappa shape index (κ3) is 6.34. The summed E-state index contributed by atoms with van der Waals surface area (Å²) in [4.78, 5) is 16.1. The maximum Gasteiger partial charge on any atom is 0.165 e. The molecule has 78 heavy (non-hydrogen) atoms. The van der Waals surface area contributed by atoms with Gasteiger partial charge in [-0.15, -0.1) is 0 Å². The summed E-state index contributed by atoms with van der Waals surface area (Å²) in [6.45, 7) is 9.35. The van der Waals surface area contributed by atoms with Crippen LogP contribution in [0.3, 0.4) is 0 Å². The number of rotatable bonds is 6. The van der Waals surface area contributed by atoms with E-state index in [2.05, 4.69) is 195 Å². The number of benzene rings is 10. The van der Waals surface area contributed by atoms with Crippen LogP contribution >= 0.6 is 0 Å². The van der Waals surface area contributed by atoms with Crippen LogP contribution in [0.1, 0.15) is 61.1 Å². The van der Waals surface area contributed by atoms with Crippen LogP contribution in [-0.4, -0.2) is 24.1 Å². The first-order valence-corrected chi connectivity index (χ1v) is 26.5. The van der Waals surface area contributed by atoms with Crippen molar-refractivity contribution in [1.29, 1.82) is 10.5 Å². The van der Waals surface area contributed by atoms with E-state index >= 15 is 0 Å². The van der Waals surface area contributed by atoms with Crippen molar-refractivity contribution < 1.29 is 0 Å². The Morgan fingerprint density at radius 2 is 0.782 bits per heavy atom.